The summed E-state index contributed by atoms with van der Waals surface area (Å²) in [5.41, 5.74) is 0.223. The van der Waals surface area contributed by atoms with Gasteiger partial charge in [-0.05, 0) is 37.0 Å². The fourth-order valence-corrected chi connectivity index (χ4v) is 3.88. The van der Waals surface area contributed by atoms with Crippen LogP contribution in [0.4, 0.5) is 74.6 Å². The van der Waals surface area contributed by atoms with E-state index in [1.807, 2.05) is 0 Å². The molecule has 0 fully saturated rings. The summed E-state index contributed by atoms with van der Waals surface area (Å²) in [6, 6.07) is 5.43. The second-order valence-electron chi connectivity index (χ2n) is 10.3. The van der Waals surface area contributed by atoms with Crippen molar-refractivity contribution in [2.45, 2.75) is 118 Å². The summed E-state index contributed by atoms with van der Waals surface area (Å²) in [5.74, 6) is -56.5. The van der Waals surface area contributed by atoms with Gasteiger partial charge in [-0.25, -0.2) is 0 Å². The second-order valence-corrected chi connectivity index (χ2v) is 10.3. The van der Waals surface area contributed by atoms with Crippen LogP contribution in [0.5, 0.6) is 5.75 Å². The quantitative estimate of drug-likeness (QED) is 0.115. The number of rotatable bonds is 19. The highest BCUT2D eigenvalue weighted by atomic mass is 19.4. The molecule has 1 aromatic rings. The lowest BCUT2D eigenvalue weighted by Gasteiger charge is -2.43. The summed E-state index contributed by atoms with van der Waals surface area (Å²) in [6.07, 6.45) is -8.95. The molecule has 0 aliphatic heterocycles. The van der Waals surface area contributed by atoms with Gasteiger partial charge in [0.1, 0.15) is 5.75 Å². The lowest BCUT2D eigenvalue weighted by molar-refractivity contribution is -0.462. The predicted molar refractivity (Wildman–Crippen MR) is 125 cm³/mol. The highest BCUT2D eigenvalue weighted by Gasteiger charge is 2.95. The Bertz CT molecular complexity index is 1050. The molecule has 0 aliphatic carbocycles. The Balaban J connectivity index is 2.97. The summed E-state index contributed by atoms with van der Waals surface area (Å²) < 4.78 is 233. The van der Waals surface area contributed by atoms with Crippen molar-refractivity contribution < 1.29 is 84.5 Å². The van der Waals surface area contributed by atoms with Crippen LogP contribution in [0.2, 0.25) is 0 Å². The van der Waals surface area contributed by atoms with Gasteiger partial charge < -0.3 is 9.84 Å². The van der Waals surface area contributed by atoms with E-state index in [9.17, 15) is 79.7 Å². The maximum atomic E-state index is 14.1. The van der Waals surface area contributed by atoms with Crippen molar-refractivity contribution in [3.05, 3.63) is 29.8 Å². The minimum absolute atomic E-state index is 0.223. The zero-order valence-corrected chi connectivity index (χ0v) is 23.2. The van der Waals surface area contributed by atoms with Crippen molar-refractivity contribution in [3.8, 4) is 5.75 Å². The maximum absolute atomic E-state index is 14.1. The number of hydrogen-bond donors (Lipinski definition) is 1. The Morgan fingerprint density at radius 2 is 1.00 bits per heavy atom. The van der Waals surface area contributed by atoms with E-state index in [0.717, 1.165) is 38.5 Å². The number of aliphatic hydroxyl groups is 1. The number of alkyl halides is 17. The normalized spacial score (nSPS) is 15.4. The monoisotopic (exact) mass is 696 g/mol. The number of aliphatic hydroxyl groups excluding tert-OH is 1. The van der Waals surface area contributed by atoms with Crippen molar-refractivity contribution in [2.75, 3.05) is 6.61 Å². The summed E-state index contributed by atoms with van der Waals surface area (Å²) in [6.45, 7) is 2.41. The van der Waals surface area contributed by atoms with Gasteiger partial charge in [0.25, 0.3) is 0 Å². The molecule has 0 radical (unpaired) electrons. The molecule has 0 heterocycles. The Kier molecular flexibility index (Phi) is 12.9. The van der Waals surface area contributed by atoms with Gasteiger partial charge in [0, 0.05) is 6.42 Å². The van der Waals surface area contributed by atoms with Gasteiger partial charge in [-0.2, -0.15) is 74.6 Å². The van der Waals surface area contributed by atoms with Gasteiger partial charge in [0.2, 0.25) is 0 Å². The fraction of sp³-hybridized carbons (Fsp3) is 0.769. The van der Waals surface area contributed by atoms with Crippen LogP contribution in [-0.4, -0.2) is 65.5 Å². The lowest BCUT2D eigenvalue weighted by atomic mass is 9.87. The van der Waals surface area contributed by atoms with E-state index in [2.05, 4.69) is 6.92 Å². The van der Waals surface area contributed by atoms with Gasteiger partial charge in [-0.1, -0.05) is 51.2 Å². The number of halogens is 17. The smallest absolute Gasteiger partial charge is 0.460 e. The maximum Gasteiger partial charge on any atom is 0.460 e. The van der Waals surface area contributed by atoms with E-state index in [1.165, 1.54) is 24.3 Å². The van der Waals surface area contributed by atoms with Gasteiger partial charge in [-0.3, -0.25) is 0 Å². The van der Waals surface area contributed by atoms with Crippen LogP contribution in [0.3, 0.4) is 0 Å². The molecule has 45 heavy (non-hydrogen) atoms. The highest BCUT2D eigenvalue weighted by Crippen LogP contribution is 2.64. The molecular formula is C26H29F17O2. The molecule has 1 rings (SSSR count). The second kappa shape index (κ2) is 14.3. The van der Waals surface area contributed by atoms with Crippen molar-refractivity contribution in [1.82, 2.24) is 0 Å². The molecule has 1 unspecified atom stereocenters. The van der Waals surface area contributed by atoms with Crippen LogP contribution in [0, 0.1) is 0 Å². The van der Waals surface area contributed by atoms with E-state index < -0.39 is 73.0 Å². The van der Waals surface area contributed by atoms with Crippen LogP contribution in [0.1, 0.15) is 63.9 Å². The first-order chi connectivity index (χ1) is 20.2. The summed E-state index contributed by atoms with van der Waals surface area (Å²) >= 11 is 0. The molecule has 0 aromatic heterocycles. The van der Waals surface area contributed by atoms with E-state index in [4.69, 9.17) is 4.74 Å². The van der Waals surface area contributed by atoms with Crippen LogP contribution >= 0.6 is 0 Å². The summed E-state index contributed by atoms with van der Waals surface area (Å²) in [5, 5.41) is 9.68. The zero-order valence-electron chi connectivity index (χ0n) is 23.2. The molecule has 0 bridgehead atoms. The molecule has 0 amide bonds. The third-order valence-corrected chi connectivity index (χ3v) is 6.74. The first kappa shape index (κ1) is 40.8. The average Bonchev–Trinajstić information content (AvgIpc) is 2.90. The van der Waals surface area contributed by atoms with Gasteiger partial charge in [0.05, 0.1) is 12.7 Å². The average molecular weight is 696 g/mol. The largest absolute Gasteiger partial charge is 0.494 e. The molecule has 1 atom stereocenters. The minimum atomic E-state index is -8.68. The van der Waals surface area contributed by atoms with E-state index in [0.29, 0.717) is 12.4 Å². The zero-order chi connectivity index (χ0) is 35.3. The SMILES string of the molecule is CCCCCCCCOc1ccc(CCC(O)CC(F)(F)C(F)(F)C(F)(F)C(F)(F)C(F)(F)C(F)(F)C(F)(F)C(F)(F)F)cc1. The Hall–Kier alpha value is -2.21. The number of unbranched alkanes of at least 4 members (excludes halogenated alkanes) is 5. The molecule has 1 N–H and O–H groups in total. The van der Waals surface area contributed by atoms with Crippen molar-refractivity contribution in [3.63, 3.8) is 0 Å². The molecule has 19 heteroatoms. The predicted octanol–water partition coefficient (Wildman–Crippen LogP) is 10.1. The number of ether oxygens (including phenoxy) is 1. The fourth-order valence-electron chi connectivity index (χ4n) is 3.88. The first-order valence-electron chi connectivity index (χ1n) is 13.3. The molecule has 0 spiro atoms. The molecule has 1 aromatic carbocycles. The molecule has 264 valence electrons. The number of benzene rings is 1. The minimum Gasteiger partial charge on any atom is -0.494 e. The molecule has 0 aliphatic rings. The van der Waals surface area contributed by atoms with E-state index >= 15 is 0 Å². The summed E-state index contributed by atoms with van der Waals surface area (Å²) in [7, 11) is 0. The Morgan fingerprint density at radius 3 is 1.47 bits per heavy atom. The van der Waals surface area contributed by atoms with E-state index in [1.54, 1.807) is 0 Å². The summed E-state index contributed by atoms with van der Waals surface area (Å²) in [4.78, 5) is 0. The highest BCUT2D eigenvalue weighted by molar-refractivity contribution is 5.27. The van der Waals surface area contributed by atoms with Gasteiger partial charge in [-0.15, -0.1) is 0 Å². The third-order valence-electron chi connectivity index (χ3n) is 6.74. The van der Waals surface area contributed by atoms with Crippen molar-refractivity contribution in [1.29, 1.82) is 0 Å². The topological polar surface area (TPSA) is 29.5 Å². The molecule has 0 saturated carbocycles. The first-order valence-corrected chi connectivity index (χ1v) is 13.3. The molecule has 2 nitrogen and oxygen atoms in total. The third kappa shape index (κ3) is 8.21. The van der Waals surface area contributed by atoms with Crippen molar-refractivity contribution >= 4 is 0 Å². The van der Waals surface area contributed by atoms with Crippen LogP contribution < -0.4 is 4.74 Å². The molecular weight excluding hydrogens is 667 g/mol. The standard InChI is InChI=1S/C26H29F17O2/c1-2-3-4-5-6-7-14-45-18-12-9-16(10-13-18)8-11-17(44)15-19(27,28)20(29,30)21(31,32)22(33,34)23(35,36)24(37,38)25(39,40)26(41,42)43/h9-10,12-13,17,44H,2-8,11,14-15H2,1H3. The van der Waals surface area contributed by atoms with E-state index in [-0.39, 0.29) is 5.56 Å². The lowest BCUT2D eigenvalue weighted by Crippen LogP contribution is -2.74. The van der Waals surface area contributed by atoms with Crippen LogP contribution in [-0.2, 0) is 6.42 Å². The van der Waals surface area contributed by atoms with Crippen molar-refractivity contribution in [2.24, 2.45) is 0 Å². The molecule has 0 saturated heterocycles. The van der Waals surface area contributed by atoms with Crippen LogP contribution in [0.15, 0.2) is 24.3 Å². The van der Waals surface area contributed by atoms with Crippen LogP contribution in [0.25, 0.3) is 0 Å². The Morgan fingerprint density at radius 1 is 0.578 bits per heavy atom. The van der Waals surface area contributed by atoms with Gasteiger partial charge in [0.15, 0.2) is 0 Å². The Labute approximate surface area is 245 Å². The number of aryl methyl sites for hydroxylation is 1. The van der Waals surface area contributed by atoms with Gasteiger partial charge >= 0.3 is 47.6 Å². The number of hydrogen-bond acceptors (Lipinski definition) is 2.